The molecular formula is C15H16F3NO6S. The number of nitrogens with zero attached hydrogens (tertiary/aromatic N) is 1. The number of carbonyl (C=O) groups is 1. The summed E-state index contributed by atoms with van der Waals surface area (Å²) in [5.41, 5.74) is -4.81. The third-order valence-corrected chi connectivity index (χ3v) is 4.37. The number of amides is 1. The van der Waals surface area contributed by atoms with E-state index in [1.165, 1.54) is 0 Å². The Hall–Kier alpha value is -2.27. The molecule has 0 fully saturated rings. The zero-order valence-electron chi connectivity index (χ0n) is 13.6. The molecule has 1 aromatic carbocycles. The van der Waals surface area contributed by atoms with E-state index in [4.69, 9.17) is 4.74 Å². The van der Waals surface area contributed by atoms with Crippen LogP contribution in [0.2, 0.25) is 0 Å². The quantitative estimate of drug-likeness (QED) is 0.563. The molecule has 0 N–H and O–H groups in total. The van der Waals surface area contributed by atoms with Gasteiger partial charge in [-0.2, -0.15) is 21.6 Å². The first-order chi connectivity index (χ1) is 12.1. The molecule has 1 aliphatic heterocycles. The van der Waals surface area contributed by atoms with Crippen molar-refractivity contribution in [2.75, 3.05) is 13.7 Å². The van der Waals surface area contributed by atoms with E-state index in [1.54, 1.807) is 24.3 Å². The molecule has 11 heteroatoms. The second-order valence-corrected chi connectivity index (χ2v) is 6.77. The van der Waals surface area contributed by atoms with Gasteiger partial charge in [-0.15, -0.1) is 0 Å². The van der Waals surface area contributed by atoms with Gasteiger partial charge in [-0.3, -0.25) is 0 Å². The maximum atomic E-state index is 12.6. The fourth-order valence-electron chi connectivity index (χ4n) is 2.13. The number of hydrogen-bond donors (Lipinski definition) is 0. The van der Waals surface area contributed by atoms with Crippen LogP contribution in [0, 0.1) is 0 Å². The summed E-state index contributed by atoms with van der Waals surface area (Å²) in [7, 11) is -4.93. The summed E-state index contributed by atoms with van der Waals surface area (Å²) in [5, 5.41) is 0. The van der Waals surface area contributed by atoms with Crippen molar-refractivity contribution in [3.63, 3.8) is 0 Å². The molecule has 0 aliphatic carbocycles. The minimum atomic E-state index is -5.94. The second-order valence-electron chi connectivity index (χ2n) is 5.23. The number of alkyl halides is 3. The Bertz CT molecular complexity index is 763. The van der Waals surface area contributed by atoms with Crippen molar-refractivity contribution in [1.29, 1.82) is 0 Å². The van der Waals surface area contributed by atoms with Crippen molar-refractivity contribution < 1.29 is 40.0 Å². The molecule has 1 heterocycles. The van der Waals surface area contributed by atoms with Crippen LogP contribution in [0.4, 0.5) is 18.0 Å². The lowest BCUT2D eigenvalue weighted by Crippen LogP contribution is -2.40. The van der Waals surface area contributed by atoms with Gasteiger partial charge in [0.05, 0.1) is 19.8 Å². The smallest absolute Gasteiger partial charge is 0.452 e. The Morgan fingerprint density at radius 2 is 1.92 bits per heavy atom. The van der Waals surface area contributed by atoms with Gasteiger partial charge in [-0.05, 0) is 12.0 Å². The van der Waals surface area contributed by atoms with Crippen molar-refractivity contribution in [2.45, 2.75) is 24.6 Å². The largest absolute Gasteiger partial charge is 0.534 e. The molecule has 1 atom stereocenters. The van der Waals surface area contributed by atoms with Crippen LogP contribution in [0.3, 0.4) is 0 Å². The van der Waals surface area contributed by atoms with Crippen LogP contribution in [0.15, 0.2) is 42.3 Å². The Labute approximate surface area is 148 Å². The number of carbonyl (C=O) groups excluding carboxylic acids is 1. The van der Waals surface area contributed by atoms with Crippen molar-refractivity contribution in [1.82, 2.24) is 4.90 Å². The molecule has 1 aliphatic rings. The summed E-state index contributed by atoms with van der Waals surface area (Å²) in [6.07, 6.45) is -0.558. The lowest BCUT2D eigenvalue weighted by Gasteiger charge is -2.30. The zero-order chi connectivity index (χ0) is 19.4. The van der Waals surface area contributed by atoms with Gasteiger partial charge in [0.1, 0.15) is 0 Å². The highest BCUT2D eigenvalue weighted by Gasteiger charge is 2.50. The highest BCUT2D eigenvalue weighted by molar-refractivity contribution is 7.87. The molecule has 1 unspecified atom stereocenters. The SMILES string of the molecule is COC(=O)N1CCC(OCc2ccccc2)C=C1OS(=O)(=O)C(F)(F)F. The third kappa shape index (κ3) is 4.88. The predicted octanol–water partition coefficient (Wildman–Crippen LogP) is 2.75. The van der Waals surface area contributed by atoms with Gasteiger partial charge in [-0.1, -0.05) is 30.3 Å². The standard InChI is InChI=1S/C15H16F3NO6S/c1-23-14(20)19-8-7-12(24-10-11-5-3-2-4-6-11)9-13(19)25-26(21,22)15(16,17)18/h2-6,9,12H,7-8,10H2,1H3. The molecule has 0 aromatic heterocycles. The van der Waals surface area contributed by atoms with Gasteiger partial charge in [-0.25, -0.2) is 9.69 Å². The van der Waals surface area contributed by atoms with E-state index < -0.39 is 33.7 Å². The lowest BCUT2D eigenvalue weighted by atomic mass is 10.1. The number of hydrogen-bond acceptors (Lipinski definition) is 6. The maximum Gasteiger partial charge on any atom is 0.534 e. The first kappa shape index (κ1) is 20.0. The van der Waals surface area contributed by atoms with Crippen molar-refractivity contribution >= 4 is 16.2 Å². The summed E-state index contributed by atoms with van der Waals surface area (Å²) in [6.45, 7) is 0.0187. The monoisotopic (exact) mass is 395 g/mol. The summed E-state index contributed by atoms with van der Waals surface area (Å²) >= 11 is 0. The molecule has 0 spiro atoms. The fraction of sp³-hybridized carbons (Fsp3) is 0.400. The van der Waals surface area contributed by atoms with Crippen LogP contribution in [0.5, 0.6) is 0 Å². The molecule has 0 radical (unpaired) electrons. The number of ether oxygens (including phenoxy) is 2. The van der Waals surface area contributed by atoms with Gasteiger partial charge < -0.3 is 13.7 Å². The summed E-state index contributed by atoms with van der Waals surface area (Å²) in [6, 6.07) is 8.97. The Morgan fingerprint density at radius 3 is 2.50 bits per heavy atom. The second kappa shape index (κ2) is 7.96. The first-order valence-electron chi connectivity index (χ1n) is 7.37. The minimum absolute atomic E-state index is 0.134. The van der Waals surface area contributed by atoms with Crippen LogP contribution in [0.25, 0.3) is 0 Å². The van der Waals surface area contributed by atoms with E-state index in [9.17, 15) is 26.4 Å². The van der Waals surface area contributed by atoms with E-state index in [1.807, 2.05) is 6.07 Å². The van der Waals surface area contributed by atoms with Gasteiger partial charge >= 0.3 is 21.7 Å². The van der Waals surface area contributed by atoms with Crippen LogP contribution in [-0.4, -0.2) is 44.7 Å². The van der Waals surface area contributed by atoms with E-state index in [-0.39, 0.29) is 19.6 Å². The molecule has 26 heavy (non-hydrogen) atoms. The zero-order valence-corrected chi connectivity index (χ0v) is 14.4. The highest BCUT2D eigenvalue weighted by atomic mass is 32.2. The van der Waals surface area contributed by atoms with Crippen LogP contribution < -0.4 is 0 Å². The third-order valence-electron chi connectivity index (χ3n) is 3.41. The molecule has 144 valence electrons. The Balaban J connectivity index is 2.18. The average Bonchev–Trinajstić information content (AvgIpc) is 2.59. The predicted molar refractivity (Wildman–Crippen MR) is 82.9 cm³/mol. The van der Waals surface area contributed by atoms with E-state index in [0.717, 1.165) is 18.7 Å². The van der Waals surface area contributed by atoms with E-state index in [0.29, 0.717) is 4.90 Å². The highest BCUT2D eigenvalue weighted by Crippen LogP contribution is 2.30. The molecule has 0 bridgehead atoms. The van der Waals surface area contributed by atoms with Gasteiger partial charge in [0.15, 0.2) is 0 Å². The van der Waals surface area contributed by atoms with Crippen molar-refractivity contribution in [3.05, 3.63) is 47.9 Å². The number of benzene rings is 1. The number of rotatable bonds is 5. The first-order valence-corrected chi connectivity index (χ1v) is 8.78. The molecule has 2 rings (SSSR count). The molecule has 0 saturated carbocycles. The number of halogens is 3. The summed E-state index contributed by atoms with van der Waals surface area (Å²) < 4.78 is 74.3. The number of methoxy groups -OCH3 is 1. The summed E-state index contributed by atoms with van der Waals surface area (Å²) in [4.78, 5) is 12.3. The Morgan fingerprint density at radius 1 is 1.27 bits per heavy atom. The Kier molecular flexibility index (Phi) is 6.13. The van der Waals surface area contributed by atoms with Crippen LogP contribution in [0.1, 0.15) is 12.0 Å². The minimum Gasteiger partial charge on any atom is -0.452 e. The molecule has 7 nitrogen and oxygen atoms in total. The molecular weight excluding hydrogens is 379 g/mol. The van der Waals surface area contributed by atoms with Crippen LogP contribution >= 0.6 is 0 Å². The molecule has 0 saturated heterocycles. The van der Waals surface area contributed by atoms with Gasteiger partial charge in [0, 0.05) is 12.6 Å². The van der Waals surface area contributed by atoms with E-state index in [2.05, 4.69) is 8.92 Å². The van der Waals surface area contributed by atoms with Gasteiger partial charge in [0.25, 0.3) is 0 Å². The normalized spacial score (nSPS) is 18.2. The molecule has 1 amide bonds. The summed E-state index contributed by atoms with van der Waals surface area (Å²) in [5.74, 6) is -0.807. The topological polar surface area (TPSA) is 82.1 Å². The average molecular weight is 395 g/mol. The van der Waals surface area contributed by atoms with Crippen molar-refractivity contribution in [3.8, 4) is 0 Å². The maximum absolute atomic E-state index is 12.6. The fourth-order valence-corrected chi connectivity index (χ4v) is 2.60. The molecule has 1 aromatic rings. The lowest BCUT2D eigenvalue weighted by molar-refractivity contribution is -0.0544. The van der Waals surface area contributed by atoms with E-state index >= 15 is 0 Å². The van der Waals surface area contributed by atoms with Gasteiger partial charge in [0.2, 0.25) is 5.88 Å². The van der Waals surface area contributed by atoms with Crippen LogP contribution in [-0.2, 0) is 30.4 Å². The van der Waals surface area contributed by atoms with Crippen molar-refractivity contribution in [2.24, 2.45) is 0 Å².